The van der Waals surface area contributed by atoms with Gasteiger partial charge in [0.2, 0.25) is 7.44 Å². The Labute approximate surface area is 243 Å². The van der Waals surface area contributed by atoms with Crippen molar-refractivity contribution in [1.82, 2.24) is 29.3 Å². The van der Waals surface area contributed by atoms with Gasteiger partial charge < -0.3 is 24.5 Å². The van der Waals surface area contributed by atoms with Crippen LogP contribution >= 0.6 is 7.44 Å². The molecule has 2 heterocycles. The highest BCUT2D eigenvalue weighted by Gasteiger charge is 2.43. The van der Waals surface area contributed by atoms with E-state index in [0.29, 0.717) is 24.3 Å². The highest BCUT2D eigenvalue weighted by atomic mass is 31.2. The van der Waals surface area contributed by atoms with Gasteiger partial charge in [-0.1, -0.05) is 39.5 Å². The quantitative estimate of drug-likeness (QED) is 0.135. The zero-order valence-corrected chi connectivity index (χ0v) is 26.5. The van der Waals surface area contributed by atoms with Gasteiger partial charge >= 0.3 is 11.9 Å². The Bertz CT molecular complexity index is 1170. The van der Waals surface area contributed by atoms with E-state index in [2.05, 4.69) is 33.9 Å². The van der Waals surface area contributed by atoms with E-state index in [-0.39, 0.29) is 18.8 Å². The normalized spacial score (nSPS) is 15.0. The number of ether oxygens (including phenoxy) is 3. The number of aromatic nitrogens is 4. The van der Waals surface area contributed by atoms with Gasteiger partial charge in [0.25, 0.3) is 0 Å². The zero-order valence-electron chi connectivity index (χ0n) is 25.6. The number of nitrogen functional groups attached to an aromatic ring is 1. The molecule has 3 atom stereocenters. The van der Waals surface area contributed by atoms with Crippen molar-refractivity contribution >= 4 is 36.4 Å². The van der Waals surface area contributed by atoms with Gasteiger partial charge in [0.05, 0.1) is 32.2 Å². The maximum Gasteiger partial charge on any atom is 0.326 e. The molecule has 0 radical (unpaired) electrons. The van der Waals surface area contributed by atoms with E-state index in [1.165, 1.54) is 11.0 Å². The summed E-state index contributed by atoms with van der Waals surface area (Å²) in [7, 11) is -2.14. The molecule has 13 nitrogen and oxygen atoms in total. The number of hydrogen-bond acceptors (Lipinski definition) is 10. The summed E-state index contributed by atoms with van der Waals surface area (Å²) in [5.74, 6) is -0.759. The maximum atomic E-state index is 14.5. The Kier molecular flexibility index (Phi) is 13.6. The third kappa shape index (κ3) is 10.0. The van der Waals surface area contributed by atoms with Crippen LogP contribution in [0.25, 0.3) is 11.2 Å². The Morgan fingerprint density at radius 1 is 1.07 bits per heavy atom. The number of hydrogen-bond donors (Lipinski definition) is 2. The summed E-state index contributed by atoms with van der Waals surface area (Å²) in [5.41, 5.74) is 5.61. The number of imidazole rings is 1. The average Bonchev–Trinajstić information content (AvgIpc) is 3.34. The predicted molar refractivity (Wildman–Crippen MR) is 158 cm³/mol. The summed E-state index contributed by atoms with van der Waals surface area (Å²) in [6.07, 6.45) is 7.62. The van der Waals surface area contributed by atoms with E-state index < -0.39 is 37.1 Å². The summed E-state index contributed by atoms with van der Waals surface area (Å²) in [5, 5.41) is 2.99. The summed E-state index contributed by atoms with van der Waals surface area (Å²) in [4.78, 5) is 38.2. The number of carbonyl (C=O) groups is 2. The van der Waals surface area contributed by atoms with Crippen LogP contribution in [0.2, 0.25) is 0 Å². The third-order valence-electron chi connectivity index (χ3n) is 6.77. The van der Waals surface area contributed by atoms with Gasteiger partial charge in [-0.25, -0.2) is 24.7 Å². The standard InChI is InChI=1S/C27H48N7O6P/c1-8-10-12-14-38-25(35)21(4)33(7)41(37,32-27(5,6)26(36)39-15-13-11-9-2)19-40-20(3)16-34-18-31-22-23(28)29-17-30-24(22)34/h17-18,20-21H,8-16,19H2,1-7H3,(H,32,37)(H2,28,29,30)/t20-,21-,41-/m1/s1. The number of likely N-dealkylation sites (N-methyl/N-ethyl adjacent to an activating group) is 1. The summed E-state index contributed by atoms with van der Waals surface area (Å²) in [6, 6.07) is -0.859. The first-order chi connectivity index (χ1) is 19.4. The topological polar surface area (TPSA) is 164 Å². The molecule has 0 fully saturated rings. The fourth-order valence-corrected chi connectivity index (χ4v) is 6.53. The smallest absolute Gasteiger partial charge is 0.326 e. The molecule has 0 aromatic carbocycles. The first-order valence-corrected chi connectivity index (χ1v) is 16.2. The number of rotatable bonds is 19. The molecule has 0 bridgehead atoms. The Hall–Kier alpha value is -2.60. The first kappa shape index (κ1) is 34.6. The number of nitrogens with one attached hydrogen (secondary N) is 1. The molecule has 0 amide bonds. The van der Waals surface area contributed by atoms with Gasteiger partial charge in [0.15, 0.2) is 11.5 Å². The van der Waals surface area contributed by atoms with Gasteiger partial charge in [-0.2, -0.15) is 0 Å². The lowest BCUT2D eigenvalue weighted by molar-refractivity contribution is -0.149. The Morgan fingerprint density at radius 2 is 1.71 bits per heavy atom. The van der Waals surface area contributed by atoms with Crippen LogP contribution in [0.3, 0.4) is 0 Å². The Morgan fingerprint density at radius 3 is 2.34 bits per heavy atom. The molecule has 2 aromatic rings. The summed E-state index contributed by atoms with van der Waals surface area (Å²) < 4.78 is 34.7. The van der Waals surface area contributed by atoms with Crippen molar-refractivity contribution in [1.29, 1.82) is 0 Å². The molecule has 0 saturated heterocycles. The van der Waals surface area contributed by atoms with Gasteiger partial charge in [-0.05, 0) is 47.6 Å². The van der Waals surface area contributed by atoms with Gasteiger partial charge in [-0.3, -0.25) is 14.2 Å². The molecule has 0 aliphatic heterocycles. The Balaban J connectivity index is 2.18. The van der Waals surface area contributed by atoms with Crippen LogP contribution in [0.1, 0.15) is 80.1 Å². The van der Waals surface area contributed by atoms with Crippen molar-refractivity contribution in [3.63, 3.8) is 0 Å². The minimum absolute atomic E-state index is 0.275. The molecule has 0 aliphatic carbocycles. The van der Waals surface area contributed by atoms with Crippen LogP contribution in [-0.2, 0) is 34.9 Å². The zero-order chi connectivity index (χ0) is 30.6. The van der Waals surface area contributed by atoms with Crippen LogP contribution in [0.15, 0.2) is 12.7 Å². The van der Waals surface area contributed by atoms with Crippen LogP contribution in [0, 0.1) is 0 Å². The van der Waals surface area contributed by atoms with E-state index in [0.717, 1.165) is 38.5 Å². The molecule has 3 N–H and O–H groups in total. The predicted octanol–water partition coefficient (Wildman–Crippen LogP) is 4.12. The van der Waals surface area contributed by atoms with Gasteiger partial charge in [-0.15, -0.1) is 0 Å². The minimum atomic E-state index is -3.70. The molecule has 232 valence electrons. The fourth-order valence-electron chi connectivity index (χ4n) is 4.05. The van der Waals surface area contributed by atoms with Crippen LogP contribution in [0.4, 0.5) is 5.82 Å². The second-order valence-electron chi connectivity index (χ2n) is 10.8. The number of carbonyl (C=O) groups excluding carboxylic acids is 2. The lowest BCUT2D eigenvalue weighted by atomic mass is 10.1. The van der Waals surface area contributed by atoms with Crippen molar-refractivity contribution in [3.8, 4) is 0 Å². The number of anilines is 1. The van der Waals surface area contributed by atoms with Crippen molar-refractivity contribution in [3.05, 3.63) is 12.7 Å². The summed E-state index contributed by atoms with van der Waals surface area (Å²) >= 11 is 0. The number of unbranched alkanes of at least 4 members (excludes halogenated alkanes) is 4. The van der Waals surface area contributed by atoms with Crippen molar-refractivity contribution in [2.75, 3.05) is 32.3 Å². The van der Waals surface area contributed by atoms with Crippen LogP contribution in [0.5, 0.6) is 0 Å². The number of nitrogens with zero attached hydrogens (tertiary/aromatic N) is 5. The largest absolute Gasteiger partial charge is 0.465 e. The molecule has 2 rings (SSSR count). The van der Waals surface area contributed by atoms with Crippen molar-refractivity contribution < 1.29 is 28.4 Å². The maximum absolute atomic E-state index is 14.5. The minimum Gasteiger partial charge on any atom is -0.465 e. The third-order valence-corrected chi connectivity index (χ3v) is 9.54. The molecule has 41 heavy (non-hydrogen) atoms. The number of fused-ring (bicyclic) bond motifs is 1. The van der Waals surface area contributed by atoms with Crippen molar-refractivity contribution in [2.45, 2.75) is 104 Å². The van der Waals surface area contributed by atoms with E-state index >= 15 is 0 Å². The molecular formula is C27H48N7O6P. The monoisotopic (exact) mass is 597 g/mol. The van der Waals surface area contributed by atoms with Crippen molar-refractivity contribution in [2.24, 2.45) is 0 Å². The number of esters is 2. The van der Waals surface area contributed by atoms with Gasteiger partial charge in [0.1, 0.15) is 29.8 Å². The lowest BCUT2D eigenvalue weighted by Gasteiger charge is -2.37. The lowest BCUT2D eigenvalue weighted by Crippen LogP contribution is -2.50. The molecular weight excluding hydrogens is 549 g/mol. The molecule has 0 spiro atoms. The van der Waals surface area contributed by atoms with E-state index in [4.69, 9.17) is 19.9 Å². The van der Waals surface area contributed by atoms with E-state index in [1.54, 1.807) is 38.7 Å². The molecule has 2 aromatic heterocycles. The molecule has 0 aliphatic rings. The van der Waals surface area contributed by atoms with Crippen LogP contribution < -0.4 is 10.8 Å². The summed E-state index contributed by atoms with van der Waals surface area (Å²) in [6.45, 7) is 11.7. The average molecular weight is 598 g/mol. The van der Waals surface area contributed by atoms with Crippen LogP contribution in [-0.4, -0.2) is 80.4 Å². The molecule has 14 heteroatoms. The number of nitrogens with two attached hydrogens (primary N) is 1. The van der Waals surface area contributed by atoms with E-state index in [9.17, 15) is 14.2 Å². The highest BCUT2D eigenvalue weighted by molar-refractivity contribution is 7.59. The molecule has 0 saturated carbocycles. The van der Waals surface area contributed by atoms with E-state index in [1.807, 2.05) is 6.92 Å². The first-order valence-electron chi connectivity index (χ1n) is 14.3. The fraction of sp³-hybridized carbons (Fsp3) is 0.741. The highest BCUT2D eigenvalue weighted by Crippen LogP contribution is 2.48. The molecule has 0 unspecified atom stereocenters. The SMILES string of the molecule is CCCCCOC(=O)[C@@H](C)N(C)[P@@](=O)(CO[C@H](C)Cn1cnc2c(N)ncnc21)NC(C)(C)C(=O)OCCCCC. The second kappa shape index (κ2) is 16.1. The second-order valence-corrected chi connectivity index (χ2v) is 13.4. The van der Waals surface area contributed by atoms with Gasteiger partial charge in [0, 0.05) is 0 Å².